The molecule has 1 aromatic carbocycles. The number of benzene rings is 1. The molecule has 6 heteroatoms. The number of anilines is 1. The first-order valence-corrected chi connectivity index (χ1v) is 6.61. The van der Waals surface area contributed by atoms with Crippen LogP contribution in [-0.2, 0) is 16.1 Å². The molecule has 20 heavy (non-hydrogen) atoms. The number of ether oxygens (including phenoxy) is 1. The molecule has 0 saturated carbocycles. The minimum atomic E-state index is -0.303. The Hall–Kier alpha value is -1.92. The summed E-state index contributed by atoms with van der Waals surface area (Å²) in [6, 6.07) is 6.71. The molecule has 2 aliphatic rings. The molecule has 0 aromatic heterocycles. The smallest absolute Gasteiger partial charge is 0.331 e. The van der Waals surface area contributed by atoms with E-state index in [9.17, 15) is 9.59 Å². The second-order valence-corrected chi connectivity index (χ2v) is 5.15. The molecule has 0 spiro atoms. The standard InChI is InChI=1S/C14H17N3O3/c1-16-12-8-20-7-11(12)13(18)17(14(16)19)10-4-2-9(6-15)3-5-10/h2-5,11-12H,6-8,15H2,1H3. The summed E-state index contributed by atoms with van der Waals surface area (Å²) < 4.78 is 5.34. The van der Waals surface area contributed by atoms with Gasteiger partial charge in [0.1, 0.15) is 0 Å². The fourth-order valence-corrected chi connectivity index (χ4v) is 2.74. The third-order valence-corrected chi connectivity index (χ3v) is 4.01. The van der Waals surface area contributed by atoms with Gasteiger partial charge in [-0.15, -0.1) is 0 Å². The lowest BCUT2D eigenvalue weighted by Crippen LogP contribution is -2.60. The summed E-state index contributed by atoms with van der Waals surface area (Å²) in [5.41, 5.74) is 7.09. The lowest BCUT2D eigenvalue weighted by Gasteiger charge is -2.38. The number of hydrogen-bond donors (Lipinski definition) is 1. The molecule has 1 aromatic rings. The van der Waals surface area contributed by atoms with Crippen LogP contribution in [0.5, 0.6) is 0 Å². The van der Waals surface area contributed by atoms with Gasteiger partial charge >= 0.3 is 6.03 Å². The van der Waals surface area contributed by atoms with Crippen LogP contribution in [0.3, 0.4) is 0 Å². The molecule has 0 aliphatic carbocycles. The molecular weight excluding hydrogens is 258 g/mol. The number of nitrogens with two attached hydrogens (primary N) is 1. The first-order chi connectivity index (χ1) is 9.63. The van der Waals surface area contributed by atoms with Crippen LogP contribution in [-0.4, -0.2) is 43.1 Å². The van der Waals surface area contributed by atoms with Gasteiger partial charge in [-0.05, 0) is 17.7 Å². The van der Waals surface area contributed by atoms with E-state index in [0.29, 0.717) is 25.4 Å². The van der Waals surface area contributed by atoms with Crippen molar-refractivity contribution < 1.29 is 14.3 Å². The van der Waals surface area contributed by atoms with Crippen molar-refractivity contribution in [3.8, 4) is 0 Å². The topological polar surface area (TPSA) is 75.9 Å². The minimum absolute atomic E-state index is 0.144. The molecule has 2 atom stereocenters. The Bertz CT molecular complexity index is 543. The van der Waals surface area contributed by atoms with Gasteiger partial charge in [0, 0.05) is 13.6 Å². The Kier molecular flexibility index (Phi) is 3.19. The number of urea groups is 1. The van der Waals surface area contributed by atoms with Crippen LogP contribution >= 0.6 is 0 Å². The lowest BCUT2D eigenvalue weighted by atomic mass is 9.98. The van der Waals surface area contributed by atoms with E-state index < -0.39 is 0 Å². The van der Waals surface area contributed by atoms with Gasteiger partial charge in [-0.2, -0.15) is 0 Å². The second-order valence-electron chi connectivity index (χ2n) is 5.15. The highest BCUT2D eigenvalue weighted by Crippen LogP contribution is 2.30. The number of amides is 3. The number of fused-ring (bicyclic) bond motifs is 1. The average Bonchev–Trinajstić information content (AvgIpc) is 2.96. The van der Waals surface area contributed by atoms with Crippen molar-refractivity contribution in [1.29, 1.82) is 0 Å². The molecule has 2 fully saturated rings. The zero-order chi connectivity index (χ0) is 14.3. The maximum atomic E-state index is 12.5. The van der Waals surface area contributed by atoms with E-state index in [1.165, 1.54) is 4.90 Å². The van der Waals surface area contributed by atoms with Crippen molar-refractivity contribution >= 4 is 17.6 Å². The Morgan fingerprint density at radius 3 is 2.60 bits per heavy atom. The predicted molar refractivity (Wildman–Crippen MR) is 73.1 cm³/mol. The van der Waals surface area contributed by atoms with E-state index in [1.54, 1.807) is 24.1 Å². The zero-order valence-corrected chi connectivity index (χ0v) is 11.3. The molecule has 3 rings (SSSR count). The van der Waals surface area contributed by atoms with Gasteiger partial charge in [0.2, 0.25) is 5.91 Å². The fourth-order valence-electron chi connectivity index (χ4n) is 2.74. The Morgan fingerprint density at radius 2 is 1.95 bits per heavy atom. The van der Waals surface area contributed by atoms with Crippen LogP contribution in [0.25, 0.3) is 0 Å². The number of carbonyl (C=O) groups excluding carboxylic acids is 2. The Labute approximate surface area is 117 Å². The highest BCUT2D eigenvalue weighted by atomic mass is 16.5. The monoisotopic (exact) mass is 275 g/mol. The quantitative estimate of drug-likeness (QED) is 0.855. The maximum Gasteiger partial charge on any atom is 0.331 e. The number of rotatable bonds is 2. The average molecular weight is 275 g/mol. The maximum absolute atomic E-state index is 12.5. The second kappa shape index (κ2) is 4.88. The number of carbonyl (C=O) groups is 2. The van der Waals surface area contributed by atoms with Crippen molar-refractivity contribution in [1.82, 2.24) is 4.90 Å². The summed E-state index contributed by atoms with van der Waals surface area (Å²) in [5.74, 6) is -0.456. The van der Waals surface area contributed by atoms with Gasteiger partial charge in [0.15, 0.2) is 0 Å². The third-order valence-electron chi connectivity index (χ3n) is 4.01. The number of nitrogens with zero attached hydrogens (tertiary/aromatic N) is 2. The first-order valence-electron chi connectivity index (χ1n) is 6.61. The van der Waals surface area contributed by atoms with Crippen LogP contribution < -0.4 is 10.6 Å². The number of imide groups is 1. The van der Waals surface area contributed by atoms with Gasteiger partial charge in [0.05, 0.1) is 30.9 Å². The van der Waals surface area contributed by atoms with Crippen LogP contribution in [0.15, 0.2) is 24.3 Å². The third kappa shape index (κ3) is 1.88. The van der Waals surface area contributed by atoms with Crippen molar-refractivity contribution in [3.63, 3.8) is 0 Å². The summed E-state index contributed by atoms with van der Waals surface area (Å²) >= 11 is 0. The molecule has 3 amide bonds. The lowest BCUT2D eigenvalue weighted by molar-refractivity contribution is -0.124. The highest BCUT2D eigenvalue weighted by Gasteiger charge is 2.48. The van der Waals surface area contributed by atoms with E-state index in [1.807, 2.05) is 12.1 Å². The van der Waals surface area contributed by atoms with Crippen LogP contribution in [0, 0.1) is 5.92 Å². The predicted octanol–water partition coefficient (Wildman–Crippen LogP) is 0.559. The molecule has 6 nitrogen and oxygen atoms in total. The number of likely N-dealkylation sites (N-methyl/N-ethyl adjacent to an activating group) is 1. The highest BCUT2D eigenvalue weighted by molar-refractivity contribution is 6.17. The molecule has 2 heterocycles. The molecule has 106 valence electrons. The van der Waals surface area contributed by atoms with E-state index in [0.717, 1.165) is 5.56 Å². The normalized spacial score (nSPS) is 26.1. The van der Waals surface area contributed by atoms with Crippen LogP contribution in [0.4, 0.5) is 10.5 Å². The van der Waals surface area contributed by atoms with Gasteiger partial charge in [0.25, 0.3) is 0 Å². The van der Waals surface area contributed by atoms with Crippen molar-refractivity contribution in [2.75, 3.05) is 25.2 Å². The molecule has 0 bridgehead atoms. The molecule has 2 aliphatic heterocycles. The molecule has 2 saturated heterocycles. The number of hydrogen-bond acceptors (Lipinski definition) is 4. The molecule has 0 radical (unpaired) electrons. The van der Waals surface area contributed by atoms with Gasteiger partial charge in [-0.3, -0.25) is 4.79 Å². The molecule has 2 N–H and O–H groups in total. The van der Waals surface area contributed by atoms with Crippen molar-refractivity contribution in [3.05, 3.63) is 29.8 Å². The minimum Gasteiger partial charge on any atom is -0.378 e. The Morgan fingerprint density at radius 1 is 1.25 bits per heavy atom. The summed E-state index contributed by atoms with van der Waals surface area (Å²) in [5, 5.41) is 0. The van der Waals surface area contributed by atoms with Gasteiger partial charge < -0.3 is 15.4 Å². The SMILES string of the molecule is CN1C(=O)N(c2ccc(CN)cc2)C(=O)C2COCC21. The Balaban J connectivity index is 1.94. The van der Waals surface area contributed by atoms with E-state index >= 15 is 0 Å². The van der Waals surface area contributed by atoms with E-state index in [4.69, 9.17) is 10.5 Å². The van der Waals surface area contributed by atoms with Crippen molar-refractivity contribution in [2.24, 2.45) is 11.7 Å². The summed E-state index contributed by atoms with van der Waals surface area (Å²) in [4.78, 5) is 27.7. The van der Waals surface area contributed by atoms with Gasteiger partial charge in [-0.1, -0.05) is 12.1 Å². The fraction of sp³-hybridized carbons (Fsp3) is 0.429. The van der Waals surface area contributed by atoms with Gasteiger partial charge in [-0.25, -0.2) is 9.69 Å². The summed E-state index contributed by atoms with van der Waals surface area (Å²) in [6.45, 7) is 1.23. The largest absolute Gasteiger partial charge is 0.378 e. The summed E-state index contributed by atoms with van der Waals surface area (Å²) in [6.07, 6.45) is 0. The van der Waals surface area contributed by atoms with E-state index in [-0.39, 0.29) is 23.9 Å². The first kappa shape index (κ1) is 13.1. The molecule has 2 unspecified atom stereocenters. The van der Waals surface area contributed by atoms with Crippen molar-refractivity contribution in [2.45, 2.75) is 12.6 Å². The van der Waals surface area contributed by atoms with Crippen LogP contribution in [0.2, 0.25) is 0 Å². The van der Waals surface area contributed by atoms with Crippen LogP contribution in [0.1, 0.15) is 5.56 Å². The summed E-state index contributed by atoms with van der Waals surface area (Å²) in [7, 11) is 1.71. The van der Waals surface area contributed by atoms with E-state index in [2.05, 4.69) is 0 Å². The zero-order valence-electron chi connectivity index (χ0n) is 11.3. The molecular formula is C14H17N3O3.